The van der Waals surface area contributed by atoms with E-state index in [4.69, 9.17) is 27.9 Å². The summed E-state index contributed by atoms with van der Waals surface area (Å²) in [5, 5.41) is 14.3. The molecule has 2 atom stereocenters. The molecule has 1 aliphatic rings. The van der Waals surface area contributed by atoms with E-state index in [0.717, 1.165) is 41.7 Å². The standard InChI is InChI=1S/C24H26Cl2N6O/c1-14(2)31-7-6-17(13-31)32-12-16(9-28-32)24-19-8-18(4-5-22(19)29-30-24)33-15(3)23-20(25)10-27-11-21(23)26/h4-5,8-12,14-15,17H,6-7,13H2,1-3H3,(H,29,30)/t15-,17?/m1/s1. The Labute approximate surface area is 202 Å². The van der Waals surface area contributed by atoms with Gasteiger partial charge in [-0.15, -0.1) is 0 Å². The first-order valence-electron chi connectivity index (χ1n) is 11.1. The van der Waals surface area contributed by atoms with E-state index in [1.54, 1.807) is 12.4 Å². The predicted octanol–water partition coefficient (Wildman–Crippen LogP) is 5.92. The molecule has 4 heterocycles. The van der Waals surface area contributed by atoms with E-state index >= 15 is 0 Å². The molecule has 33 heavy (non-hydrogen) atoms. The van der Waals surface area contributed by atoms with E-state index in [9.17, 15) is 0 Å². The van der Waals surface area contributed by atoms with Crippen LogP contribution in [-0.2, 0) is 0 Å². The molecule has 1 fully saturated rings. The van der Waals surface area contributed by atoms with Crippen LogP contribution < -0.4 is 4.74 Å². The monoisotopic (exact) mass is 484 g/mol. The molecular formula is C24H26Cl2N6O. The third kappa shape index (κ3) is 4.33. The van der Waals surface area contributed by atoms with E-state index in [1.807, 2.05) is 31.3 Å². The minimum Gasteiger partial charge on any atom is -0.486 e. The van der Waals surface area contributed by atoms with Crippen molar-refractivity contribution < 1.29 is 4.74 Å². The van der Waals surface area contributed by atoms with Crippen molar-refractivity contribution in [2.24, 2.45) is 0 Å². The highest BCUT2D eigenvalue weighted by Crippen LogP contribution is 2.35. The fraction of sp³-hybridized carbons (Fsp3) is 0.375. The summed E-state index contributed by atoms with van der Waals surface area (Å²) < 4.78 is 8.26. The van der Waals surface area contributed by atoms with Crippen molar-refractivity contribution in [3.8, 4) is 17.0 Å². The molecule has 0 saturated carbocycles. The van der Waals surface area contributed by atoms with Crippen LogP contribution in [0, 0.1) is 0 Å². The third-order valence-electron chi connectivity index (χ3n) is 6.32. The predicted molar refractivity (Wildman–Crippen MR) is 131 cm³/mol. The number of nitrogens with one attached hydrogen (secondary N) is 1. The fourth-order valence-electron chi connectivity index (χ4n) is 4.47. The van der Waals surface area contributed by atoms with Crippen LogP contribution >= 0.6 is 23.2 Å². The molecule has 0 bridgehead atoms. The number of benzene rings is 1. The highest BCUT2D eigenvalue weighted by atomic mass is 35.5. The molecule has 0 aliphatic carbocycles. The Morgan fingerprint density at radius 3 is 2.64 bits per heavy atom. The Hall–Kier alpha value is -2.61. The first-order chi connectivity index (χ1) is 15.9. The van der Waals surface area contributed by atoms with Gasteiger partial charge in [0.1, 0.15) is 17.5 Å². The number of aromatic amines is 1. The number of ether oxygens (including phenoxy) is 1. The highest BCUT2D eigenvalue weighted by Gasteiger charge is 2.26. The second-order valence-corrected chi connectivity index (χ2v) is 9.61. The van der Waals surface area contributed by atoms with Crippen LogP contribution in [0.3, 0.4) is 0 Å². The molecule has 1 aliphatic heterocycles. The highest BCUT2D eigenvalue weighted by molar-refractivity contribution is 6.35. The van der Waals surface area contributed by atoms with Crippen LogP contribution in [0.1, 0.15) is 44.9 Å². The maximum atomic E-state index is 6.30. The van der Waals surface area contributed by atoms with E-state index in [1.165, 1.54) is 0 Å². The number of aromatic nitrogens is 5. The van der Waals surface area contributed by atoms with Gasteiger partial charge in [0.25, 0.3) is 0 Å². The minimum atomic E-state index is -0.338. The summed E-state index contributed by atoms with van der Waals surface area (Å²) in [6.45, 7) is 8.52. The second kappa shape index (κ2) is 8.97. The second-order valence-electron chi connectivity index (χ2n) is 8.80. The van der Waals surface area contributed by atoms with Gasteiger partial charge in [0, 0.05) is 54.2 Å². The smallest absolute Gasteiger partial charge is 0.124 e. The van der Waals surface area contributed by atoms with Crippen molar-refractivity contribution in [1.82, 2.24) is 29.9 Å². The van der Waals surface area contributed by atoms with Gasteiger partial charge in [0.2, 0.25) is 0 Å². The molecule has 0 amide bonds. The van der Waals surface area contributed by atoms with Crippen LogP contribution in [-0.4, -0.2) is 49.0 Å². The van der Waals surface area contributed by atoms with Crippen molar-refractivity contribution >= 4 is 34.1 Å². The summed E-state index contributed by atoms with van der Waals surface area (Å²) in [7, 11) is 0. The molecule has 7 nitrogen and oxygen atoms in total. The van der Waals surface area contributed by atoms with Crippen LogP contribution in [0.15, 0.2) is 43.0 Å². The topological polar surface area (TPSA) is 71.9 Å². The molecule has 1 unspecified atom stereocenters. The summed E-state index contributed by atoms with van der Waals surface area (Å²) in [4.78, 5) is 6.50. The lowest BCUT2D eigenvalue weighted by Gasteiger charge is -2.20. The number of rotatable bonds is 6. The molecular weight excluding hydrogens is 459 g/mol. The molecule has 1 saturated heterocycles. The number of pyridine rings is 1. The SMILES string of the molecule is CC(C)N1CCC(n2cc(-c3n[nH]c4ccc(O[C@H](C)c5c(Cl)cncc5Cl)cc34)cn2)C1. The molecule has 3 aromatic heterocycles. The van der Waals surface area contributed by atoms with Crippen molar-refractivity contribution in [2.75, 3.05) is 13.1 Å². The van der Waals surface area contributed by atoms with Crippen molar-refractivity contribution in [1.29, 1.82) is 0 Å². The quantitative estimate of drug-likeness (QED) is 0.367. The fourth-order valence-corrected chi connectivity index (χ4v) is 5.14. The lowest BCUT2D eigenvalue weighted by molar-refractivity contribution is 0.227. The van der Waals surface area contributed by atoms with Crippen LogP contribution in [0.25, 0.3) is 22.2 Å². The van der Waals surface area contributed by atoms with Gasteiger partial charge in [0.15, 0.2) is 0 Å². The molecule has 9 heteroatoms. The first-order valence-corrected chi connectivity index (χ1v) is 11.9. The molecule has 4 aromatic rings. The normalized spacial score (nSPS) is 17.8. The Balaban J connectivity index is 1.40. The van der Waals surface area contributed by atoms with Gasteiger partial charge in [-0.25, -0.2) is 0 Å². The van der Waals surface area contributed by atoms with Gasteiger partial charge in [-0.2, -0.15) is 10.2 Å². The van der Waals surface area contributed by atoms with Crippen LogP contribution in [0.2, 0.25) is 10.0 Å². The minimum absolute atomic E-state index is 0.338. The third-order valence-corrected chi connectivity index (χ3v) is 6.92. The average Bonchev–Trinajstić information content (AvgIpc) is 3.52. The summed E-state index contributed by atoms with van der Waals surface area (Å²) >= 11 is 12.6. The van der Waals surface area contributed by atoms with Crippen molar-refractivity contribution in [2.45, 2.75) is 45.4 Å². The summed E-state index contributed by atoms with van der Waals surface area (Å²) in [5.74, 6) is 0.706. The van der Waals surface area contributed by atoms with Gasteiger partial charge in [-0.05, 0) is 45.4 Å². The number of nitrogens with zero attached hydrogens (tertiary/aromatic N) is 5. The molecule has 172 valence electrons. The Bertz CT molecular complexity index is 1260. The summed E-state index contributed by atoms with van der Waals surface area (Å²) in [6, 6.07) is 6.80. The van der Waals surface area contributed by atoms with Crippen molar-refractivity contribution in [3.63, 3.8) is 0 Å². The van der Waals surface area contributed by atoms with Gasteiger partial charge >= 0.3 is 0 Å². The molecule has 0 radical (unpaired) electrons. The van der Waals surface area contributed by atoms with Gasteiger partial charge in [0.05, 0.1) is 27.8 Å². The van der Waals surface area contributed by atoms with E-state index in [-0.39, 0.29) is 6.10 Å². The van der Waals surface area contributed by atoms with Gasteiger partial charge in [-0.1, -0.05) is 23.2 Å². The Kier molecular flexibility index (Phi) is 6.03. The van der Waals surface area contributed by atoms with E-state index < -0.39 is 0 Å². The Morgan fingerprint density at radius 2 is 1.91 bits per heavy atom. The van der Waals surface area contributed by atoms with Crippen molar-refractivity contribution in [3.05, 3.63) is 58.6 Å². The average molecular weight is 485 g/mol. The number of hydrogen-bond donors (Lipinski definition) is 1. The van der Waals surface area contributed by atoms with E-state index in [2.05, 4.69) is 49.9 Å². The van der Waals surface area contributed by atoms with Crippen LogP contribution in [0.4, 0.5) is 0 Å². The zero-order valence-electron chi connectivity index (χ0n) is 18.8. The molecule has 1 N–H and O–H groups in total. The van der Waals surface area contributed by atoms with E-state index in [0.29, 0.717) is 33.4 Å². The van der Waals surface area contributed by atoms with Gasteiger partial charge in [-0.3, -0.25) is 19.7 Å². The maximum Gasteiger partial charge on any atom is 0.124 e. The maximum absolute atomic E-state index is 6.30. The largest absolute Gasteiger partial charge is 0.486 e. The lowest BCUT2D eigenvalue weighted by Crippen LogP contribution is -2.28. The zero-order valence-corrected chi connectivity index (χ0v) is 20.3. The number of likely N-dealkylation sites (tertiary alicyclic amines) is 1. The Morgan fingerprint density at radius 1 is 1.12 bits per heavy atom. The van der Waals surface area contributed by atoms with Crippen LogP contribution in [0.5, 0.6) is 5.75 Å². The number of hydrogen-bond acceptors (Lipinski definition) is 5. The number of H-pyrrole nitrogens is 1. The number of halogens is 2. The summed E-state index contributed by atoms with van der Waals surface area (Å²) in [5.41, 5.74) is 3.49. The lowest BCUT2D eigenvalue weighted by atomic mass is 10.1. The van der Waals surface area contributed by atoms with Gasteiger partial charge < -0.3 is 4.74 Å². The summed E-state index contributed by atoms with van der Waals surface area (Å²) in [6.07, 6.45) is 7.90. The zero-order chi connectivity index (χ0) is 23.1. The number of fused-ring (bicyclic) bond motifs is 1. The molecule has 1 aromatic carbocycles. The molecule has 5 rings (SSSR count). The molecule has 0 spiro atoms. The first kappa shape index (κ1) is 22.2.